The normalized spacial score (nSPS) is 22.0. The summed E-state index contributed by atoms with van der Waals surface area (Å²) in [4.78, 5) is 9.22. The molecule has 1 aliphatic rings. The molecule has 0 saturated heterocycles. The van der Waals surface area contributed by atoms with Gasteiger partial charge < -0.3 is 9.88 Å². The highest BCUT2D eigenvalue weighted by molar-refractivity contribution is 5.93. The minimum Gasteiger partial charge on any atom is -0.372 e. The highest BCUT2D eigenvalue weighted by Crippen LogP contribution is 2.41. The molecule has 2 atom stereocenters. The highest BCUT2D eigenvalue weighted by atomic mass is 15.1. The van der Waals surface area contributed by atoms with Crippen molar-refractivity contribution in [3.63, 3.8) is 0 Å². The van der Waals surface area contributed by atoms with Crippen LogP contribution in [0.25, 0.3) is 15.7 Å². The van der Waals surface area contributed by atoms with Crippen LogP contribution >= 0.6 is 0 Å². The minimum absolute atomic E-state index is 0.650. The molecule has 1 N–H and O–H groups in total. The van der Waals surface area contributed by atoms with Crippen molar-refractivity contribution in [3.8, 4) is 0 Å². The Balaban J connectivity index is 1.90. The number of nitrogens with zero attached hydrogens (tertiary/aromatic N) is 2. The summed E-state index contributed by atoms with van der Waals surface area (Å²) in [7, 11) is 2.21. The molecule has 1 aromatic carbocycles. The maximum absolute atomic E-state index is 7.28. The van der Waals surface area contributed by atoms with Gasteiger partial charge in [0.2, 0.25) is 5.69 Å². The van der Waals surface area contributed by atoms with Crippen LogP contribution < -0.4 is 0 Å². The molecule has 0 aliphatic heterocycles. The number of hydrogen-bond donors (Lipinski definition) is 1. The zero-order chi connectivity index (χ0) is 14.8. The van der Waals surface area contributed by atoms with Gasteiger partial charge in [-0.25, -0.2) is 4.85 Å². The van der Waals surface area contributed by atoms with E-state index in [1.54, 1.807) is 0 Å². The molecular formula is C18H23N3. The molecule has 1 aromatic heterocycles. The quantitative estimate of drug-likeness (QED) is 0.816. The summed E-state index contributed by atoms with van der Waals surface area (Å²) in [6.07, 6.45) is 5.76. The lowest BCUT2D eigenvalue weighted by atomic mass is 9.88. The SMILES string of the molecule is [C-]#[N+]c1c[nH]c2ccc([C@H]3CCC[C@@H]3CN(C)CC)cc12. The van der Waals surface area contributed by atoms with Gasteiger partial charge >= 0.3 is 0 Å². The van der Waals surface area contributed by atoms with Crippen LogP contribution in [-0.2, 0) is 0 Å². The number of hydrogen-bond acceptors (Lipinski definition) is 1. The average Bonchev–Trinajstić information content (AvgIpc) is 3.12. The summed E-state index contributed by atoms with van der Waals surface area (Å²) in [5.74, 6) is 1.40. The topological polar surface area (TPSA) is 23.4 Å². The fourth-order valence-electron chi connectivity index (χ4n) is 3.67. The van der Waals surface area contributed by atoms with Crippen molar-refractivity contribution in [2.75, 3.05) is 20.1 Å². The number of H-pyrrole nitrogens is 1. The molecule has 2 aromatic rings. The fourth-order valence-corrected chi connectivity index (χ4v) is 3.67. The predicted octanol–water partition coefficient (Wildman–Crippen LogP) is 4.55. The maximum atomic E-state index is 7.28. The third-order valence-electron chi connectivity index (χ3n) is 4.98. The number of rotatable bonds is 4. The van der Waals surface area contributed by atoms with E-state index in [2.05, 4.69) is 46.9 Å². The standard InChI is InChI=1S/C18H23N3/c1-4-21(3)12-14-6-5-7-15(14)13-8-9-17-16(10-13)18(19-2)11-20-17/h8-11,14-15,20H,4-7,12H2,1,3H3/t14-,15-/m1/s1. The van der Waals surface area contributed by atoms with Crippen LogP contribution in [0.5, 0.6) is 0 Å². The largest absolute Gasteiger partial charge is 0.372 e. The monoisotopic (exact) mass is 281 g/mol. The van der Waals surface area contributed by atoms with E-state index in [1.165, 1.54) is 31.4 Å². The lowest BCUT2D eigenvalue weighted by Gasteiger charge is -2.25. The van der Waals surface area contributed by atoms with Gasteiger partial charge in [-0.05, 0) is 49.9 Å². The number of fused-ring (bicyclic) bond motifs is 1. The molecule has 3 heteroatoms. The minimum atomic E-state index is 0.650. The van der Waals surface area contributed by atoms with Crippen LogP contribution in [-0.4, -0.2) is 30.0 Å². The van der Waals surface area contributed by atoms with E-state index in [-0.39, 0.29) is 0 Å². The number of aromatic nitrogens is 1. The molecule has 0 unspecified atom stereocenters. The molecule has 3 nitrogen and oxygen atoms in total. The van der Waals surface area contributed by atoms with Crippen molar-refractivity contribution in [2.45, 2.75) is 32.1 Å². The van der Waals surface area contributed by atoms with Crippen LogP contribution in [0.2, 0.25) is 0 Å². The first-order valence-electron chi connectivity index (χ1n) is 7.90. The van der Waals surface area contributed by atoms with Gasteiger partial charge in [0.05, 0.1) is 6.57 Å². The molecule has 1 aliphatic carbocycles. The van der Waals surface area contributed by atoms with Crippen molar-refractivity contribution in [2.24, 2.45) is 5.92 Å². The molecule has 21 heavy (non-hydrogen) atoms. The zero-order valence-electron chi connectivity index (χ0n) is 12.9. The Morgan fingerprint density at radius 1 is 1.38 bits per heavy atom. The van der Waals surface area contributed by atoms with E-state index in [4.69, 9.17) is 6.57 Å². The smallest absolute Gasteiger partial charge is 0.211 e. The van der Waals surface area contributed by atoms with Crippen LogP contribution in [0, 0.1) is 12.5 Å². The Kier molecular flexibility index (Phi) is 3.98. The molecular weight excluding hydrogens is 258 g/mol. The molecule has 0 amide bonds. The Hall–Kier alpha value is -1.79. The van der Waals surface area contributed by atoms with E-state index < -0.39 is 0 Å². The van der Waals surface area contributed by atoms with E-state index in [1.807, 2.05) is 6.20 Å². The van der Waals surface area contributed by atoms with E-state index in [9.17, 15) is 0 Å². The maximum Gasteiger partial charge on any atom is 0.211 e. The summed E-state index contributed by atoms with van der Waals surface area (Å²) < 4.78 is 0. The van der Waals surface area contributed by atoms with E-state index >= 15 is 0 Å². The summed E-state index contributed by atoms with van der Waals surface area (Å²) in [5.41, 5.74) is 3.23. The van der Waals surface area contributed by atoms with Gasteiger partial charge in [0.25, 0.3) is 0 Å². The van der Waals surface area contributed by atoms with Crippen LogP contribution in [0.4, 0.5) is 5.69 Å². The third kappa shape index (κ3) is 2.69. The molecule has 0 bridgehead atoms. The second-order valence-corrected chi connectivity index (χ2v) is 6.24. The van der Waals surface area contributed by atoms with Crippen molar-refractivity contribution in [1.82, 2.24) is 9.88 Å². The molecule has 1 heterocycles. The lowest BCUT2D eigenvalue weighted by Crippen LogP contribution is -2.26. The number of benzene rings is 1. The van der Waals surface area contributed by atoms with E-state index in [0.29, 0.717) is 5.92 Å². The Labute approximate surface area is 126 Å². The van der Waals surface area contributed by atoms with Gasteiger partial charge in [0.15, 0.2) is 0 Å². The summed E-state index contributed by atoms with van der Waals surface area (Å²) >= 11 is 0. The van der Waals surface area contributed by atoms with Gasteiger partial charge in [-0.1, -0.05) is 25.5 Å². The van der Waals surface area contributed by atoms with E-state index in [0.717, 1.165) is 29.1 Å². The number of aromatic amines is 1. The average molecular weight is 281 g/mol. The first-order chi connectivity index (χ1) is 10.2. The predicted molar refractivity (Wildman–Crippen MR) is 87.8 cm³/mol. The third-order valence-corrected chi connectivity index (χ3v) is 4.98. The first kappa shape index (κ1) is 14.2. The Bertz CT molecular complexity index is 665. The second kappa shape index (κ2) is 5.91. The van der Waals surface area contributed by atoms with Gasteiger partial charge in [-0.2, -0.15) is 0 Å². The van der Waals surface area contributed by atoms with Crippen LogP contribution in [0.3, 0.4) is 0 Å². The molecule has 1 fully saturated rings. The second-order valence-electron chi connectivity index (χ2n) is 6.24. The summed E-state index contributed by atoms with van der Waals surface area (Å²) in [6, 6.07) is 6.63. The lowest BCUT2D eigenvalue weighted by molar-refractivity contribution is 0.276. The van der Waals surface area contributed by atoms with Gasteiger partial charge in [-0.3, -0.25) is 0 Å². The molecule has 0 radical (unpaired) electrons. The summed E-state index contributed by atoms with van der Waals surface area (Å²) in [5, 5.41) is 1.08. The van der Waals surface area contributed by atoms with Gasteiger partial charge in [-0.15, -0.1) is 0 Å². The summed E-state index contributed by atoms with van der Waals surface area (Å²) in [6.45, 7) is 11.8. The van der Waals surface area contributed by atoms with Crippen molar-refractivity contribution >= 4 is 16.6 Å². The molecule has 0 spiro atoms. The molecule has 110 valence electrons. The Morgan fingerprint density at radius 2 is 2.24 bits per heavy atom. The number of nitrogens with one attached hydrogen (secondary N) is 1. The van der Waals surface area contributed by atoms with Crippen molar-refractivity contribution in [1.29, 1.82) is 0 Å². The van der Waals surface area contributed by atoms with Crippen LogP contribution in [0.1, 0.15) is 37.7 Å². The molecule has 1 saturated carbocycles. The first-order valence-corrected chi connectivity index (χ1v) is 7.90. The van der Waals surface area contributed by atoms with Crippen LogP contribution in [0.15, 0.2) is 24.4 Å². The highest BCUT2D eigenvalue weighted by Gasteiger charge is 2.29. The fraction of sp³-hybridized carbons (Fsp3) is 0.500. The van der Waals surface area contributed by atoms with Gasteiger partial charge in [0, 0.05) is 23.6 Å². The van der Waals surface area contributed by atoms with Crippen molar-refractivity contribution in [3.05, 3.63) is 41.4 Å². The van der Waals surface area contributed by atoms with Gasteiger partial charge in [0.1, 0.15) is 0 Å². The molecule has 3 rings (SSSR count). The zero-order valence-corrected chi connectivity index (χ0v) is 12.9. The van der Waals surface area contributed by atoms with Crippen molar-refractivity contribution < 1.29 is 0 Å². The Morgan fingerprint density at radius 3 is 3.00 bits per heavy atom.